The average Bonchev–Trinajstić information content (AvgIpc) is 3.27. The zero-order chi connectivity index (χ0) is 37.4. The van der Waals surface area contributed by atoms with Crippen LogP contribution in [0.4, 0.5) is 21.7 Å². The minimum atomic E-state index is -0.319. The maximum atomic E-state index is 14.4. The van der Waals surface area contributed by atoms with Crippen LogP contribution in [-0.2, 0) is 0 Å². The Morgan fingerprint density at radius 2 is 0.786 bits per heavy atom. The van der Waals surface area contributed by atoms with Crippen molar-refractivity contribution >= 4 is 49.6 Å². The first-order valence-corrected chi connectivity index (χ1v) is 18.6. The van der Waals surface area contributed by atoms with Gasteiger partial charge in [-0.15, -0.1) is 0 Å². The Labute approximate surface area is 323 Å². The Kier molecular flexibility index (Phi) is 8.30. The quantitative estimate of drug-likeness (QED) is 0.154. The lowest BCUT2D eigenvalue weighted by atomic mass is 9.85. The summed E-state index contributed by atoms with van der Waals surface area (Å²) >= 11 is 0. The van der Waals surface area contributed by atoms with Gasteiger partial charge in [-0.1, -0.05) is 164 Å². The number of rotatable bonds is 7. The lowest BCUT2D eigenvalue weighted by Gasteiger charge is -2.24. The van der Waals surface area contributed by atoms with E-state index in [1.165, 1.54) is 55.6 Å². The van der Waals surface area contributed by atoms with E-state index in [0.29, 0.717) is 17.6 Å². The molecule has 0 N–H and O–H groups in total. The number of hydrogen-bond donors (Lipinski definition) is 0. The number of hydrogen-bond acceptors (Lipinski definition) is 4. The summed E-state index contributed by atoms with van der Waals surface area (Å²) in [6, 6.07) is 67.3. The van der Waals surface area contributed by atoms with Crippen molar-refractivity contribution in [3.05, 3.63) is 206 Å². The summed E-state index contributed by atoms with van der Waals surface area (Å²) in [5, 5.41) is 7.19. The van der Waals surface area contributed by atoms with Crippen molar-refractivity contribution in [1.82, 2.24) is 15.0 Å². The minimum absolute atomic E-state index is 0.319. The SMILES string of the molecule is Fc1ccc(N(c2ccc(-c3c4ccccc4c(-c4cccc5ccccc45)c4ccccc34)cc2)c2nc(-c3ccccc3)nc(-c3ccccc3)n2)cc1. The Hall–Kier alpha value is -7.50. The van der Waals surface area contributed by atoms with Crippen LogP contribution in [0.5, 0.6) is 0 Å². The van der Waals surface area contributed by atoms with E-state index in [-0.39, 0.29) is 5.82 Å². The number of nitrogens with zero attached hydrogens (tertiary/aromatic N) is 4. The molecule has 0 unspecified atom stereocenters. The molecule has 0 aliphatic rings. The summed E-state index contributed by atoms with van der Waals surface area (Å²) in [5.41, 5.74) is 7.97. The summed E-state index contributed by atoms with van der Waals surface area (Å²) in [6.45, 7) is 0. The molecule has 0 aliphatic heterocycles. The lowest BCUT2D eigenvalue weighted by Crippen LogP contribution is -2.15. The molecule has 0 radical (unpaired) electrons. The maximum Gasteiger partial charge on any atom is 0.238 e. The summed E-state index contributed by atoms with van der Waals surface area (Å²) in [4.78, 5) is 16.9. The van der Waals surface area contributed by atoms with Crippen molar-refractivity contribution in [3.63, 3.8) is 0 Å². The van der Waals surface area contributed by atoms with Gasteiger partial charge in [-0.25, -0.2) is 9.37 Å². The molecule has 9 aromatic carbocycles. The summed E-state index contributed by atoms with van der Waals surface area (Å²) < 4.78 is 14.4. The predicted molar refractivity (Wildman–Crippen MR) is 229 cm³/mol. The molecule has 0 saturated heterocycles. The highest BCUT2D eigenvalue weighted by atomic mass is 19.1. The molecule has 0 atom stereocenters. The van der Waals surface area contributed by atoms with Crippen LogP contribution in [0.3, 0.4) is 0 Å². The van der Waals surface area contributed by atoms with Crippen molar-refractivity contribution in [1.29, 1.82) is 0 Å². The van der Waals surface area contributed by atoms with Crippen molar-refractivity contribution in [2.45, 2.75) is 0 Å². The van der Waals surface area contributed by atoms with E-state index in [0.717, 1.165) is 33.6 Å². The topological polar surface area (TPSA) is 41.9 Å². The third-order valence-corrected chi connectivity index (χ3v) is 10.4. The molecule has 1 aromatic heterocycles. The van der Waals surface area contributed by atoms with Gasteiger partial charge in [0.2, 0.25) is 5.95 Å². The van der Waals surface area contributed by atoms with Crippen molar-refractivity contribution < 1.29 is 4.39 Å². The highest BCUT2D eigenvalue weighted by Gasteiger charge is 2.22. The molecule has 264 valence electrons. The van der Waals surface area contributed by atoms with E-state index in [9.17, 15) is 4.39 Å². The number of aromatic nitrogens is 3. The fourth-order valence-electron chi connectivity index (χ4n) is 7.82. The van der Waals surface area contributed by atoms with Gasteiger partial charge in [0.25, 0.3) is 0 Å². The van der Waals surface area contributed by atoms with Crippen LogP contribution in [-0.4, -0.2) is 15.0 Å². The second-order valence-electron chi connectivity index (χ2n) is 13.7. The predicted octanol–water partition coefficient (Wildman–Crippen LogP) is 13.6. The number of anilines is 3. The molecule has 4 nitrogen and oxygen atoms in total. The molecule has 1 heterocycles. The highest BCUT2D eigenvalue weighted by molar-refractivity contribution is 6.23. The van der Waals surface area contributed by atoms with Crippen LogP contribution in [0.15, 0.2) is 200 Å². The van der Waals surface area contributed by atoms with E-state index in [2.05, 4.69) is 115 Å². The summed E-state index contributed by atoms with van der Waals surface area (Å²) in [6.07, 6.45) is 0. The van der Waals surface area contributed by atoms with Gasteiger partial charge in [-0.05, 0) is 91.0 Å². The highest BCUT2D eigenvalue weighted by Crippen LogP contribution is 2.46. The van der Waals surface area contributed by atoms with Gasteiger partial charge < -0.3 is 0 Å². The summed E-state index contributed by atoms with van der Waals surface area (Å²) in [7, 11) is 0. The van der Waals surface area contributed by atoms with Gasteiger partial charge in [0, 0.05) is 22.5 Å². The van der Waals surface area contributed by atoms with Gasteiger partial charge in [0.15, 0.2) is 11.6 Å². The standard InChI is InChI=1S/C51H33FN4/c52-38-28-32-40(33-29-38)56(51-54-49(36-15-3-1-4-16-36)53-50(55-51)37-17-5-2-6-18-37)39-30-26-35(27-31-39)47-43-21-9-11-23-45(43)48(46-24-12-10-22-44(46)47)42-25-13-19-34-14-7-8-20-41(34)42/h1-33H. The zero-order valence-electron chi connectivity index (χ0n) is 30.2. The number of benzene rings is 9. The Bertz CT molecular complexity index is 2900. The second kappa shape index (κ2) is 14.0. The van der Waals surface area contributed by atoms with Crippen LogP contribution in [0.1, 0.15) is 0 Å². The lowest BCUT2D eigenvalue weighted by molar-refractivity contribution is 0.628. The Morgan fingerprint density at radius 1 is 0.339 bits per heavy atom. The molecule has 10 aromatic rings. The minimum Gasteiger partial charge on any atom is -0.279 e. The van der Waals surface area contributed by atoms with Crippen molar-refractivity contribution in [2.75, 3.05) is 4.90 Å². The third-order valence-electron chi connectivity index (χ3n) is 10.4. The van der Waals surface area contributed by atoms with E-state index < -0.39 is 0 Å². The first-order valence-electron chi connectivity index (χ1n) is 18.6. The maximum absolute atomic E-state index is 14.4. The number of halogens is 1. The smallest absolute Gasteiger partial charge is 0.238 e. The van der Waals surface area contributed by atoms with Gasteiger partial charge in [0.05, 0.1) is 0 Å². The van der Waals surface area contributed by atoms with Gasteiger partial charge >= 0.3 is 0 Å². The van der Waals surface area contributed by atoms with E-state index >= 15 is 0 Å². The van der Waals surface area contributed by atoms with Crippen LogP contribution in [0.2, 0.25) is 0 Å². The third kappa shape index (κ3) is 5.92. The molecule has 5 heteroatoms. The van der Waals surface area contributed by atoms with Crippen LogP contribution in [0.25, 0.3) is 77.3 Å². The molecule has 0 aliphatic carbocycles. The molecule has 10 rings (SSSR count). The molecule has 0 bridgehead atoms. The molecule has 0 amide bonds. The largest absolute Gasteiger partial charge is 0.279 e. The zero-order valence-corrected chi connectivity index (χ0v) is 30.2. The molecular formula is C51H33FN4. The van der Waals surface area contributed by atoms with Gasteiger partial charge in [-0.3, -0.25) is 4.90 Å². The molecule has 0 spiro atoms. The monoisotopic (exact) mass is 720 g/mol. The summed E-state index contributed by atoms with van der Waals surface area (Å²) in [5.74, 6) is 1.19. The molecular weight excluding hydrogens is 688 g/mol. The normalized spacial score (nSPS) is 11.3. The van der Waals surface area contributed by atoms with E-state index in [1.807, 2.05) is 65.6 Å². The van der Waals surface area contributed by atoms with Gasteiger partial charge in [0.1, 0.15) is 5.82 Å². The Morgan fingerprint density at radius 3 is 1.34 bits per heavy atom. The van der Waals surface area contributed by atoms with Crippen LogP contribution >= 0.6 is 0 Å². The van der Waals surface area contributed by atoms with Crippen molar-refractivity contribution in [3.8, 4) is 45.0 Å². The van der Waals surface area contributed by atoms with Crippen LogP contribution in [0, 0.1) is 5.82 Å². The van der Waals surface area contributed by atoms with E-state index in [1.54, 1.807) is 12.1 Å². The average molecular weight is 721 g/mol. The first-order chi connectivity index (χ1) is 27.7. The Balaban J connectivity index is 1.16. The fraction of sp³-hybridized carbons (Fsp3) is 0. The van der Waals surface area contributed by atoms with Crippen LogP contribution < -0.4 is 4.90 Å². The van der Waals surface area contributed by atoms with Gasteiger partial charge in [-0.2, -0.15) is 9.97 Å². The number of fused-ring (bicyclic) bond motifs is 3. The molecule has 0 fully saturated rings. The van der Waals surface area contributed by atoms with E-state index in [4.69, 9.17) is 15.0 Å². The fourth-order valence-corrected chi connectivity index (χ4v) is 7.82. The molecule has 56 heavy (non-hydrogen) atoms. The van der Waals surface area contributed by atoms with Crippen molar-refractivity contribution in [2.24, 2.45) is 0 Å². The second-order valence-corrected chi connectivity index (χ2v) is 13.7. The molecule has 0 saturated carbocycles. The first kappa shape index (κ1) is 33.1.